The molecule has 0 spiro atoms. The standard InChI is InChI=1S/C17H24N2O2S/c20-16(19-11-17(21)8-9-22-12-17)18-10-14-6-3-5-13-4-1-2-7-15(13)14/h1-2,4,7,14,21H,3,5-6,8-12H2,(H2,18,19,20). The Morgan fingerprint density at radius 2 is 2.23 bits per heavy atom. The molecule has 2 atom stereocenters. The molecular formula is C17H24N2O2S. The Labute approximate surface area is 136 Å². The number of carbonyl (C=O) groups is 1. The van der Waals surface area contributed by atoms with Crippen LogP contribution in [0, 0.1) is 0 Å². The number of nitrogens with one attached hydrogen (secondary N) is 2. The van der Waals surface area contributed by atoms with Gasteiger partial charge in [-0.3, -0.25) is 0 Å². The summed E-state index contributed by atoms with van der Waals surface area (Å²) in [6, 6.07) is 8.35. The van der Waals surface area contributed by atoms with Crippen LogP contribution in [0.1, 0.15) is 36.3 Å². The monoisotopic (exact) mass is 320 g/mol. The van der Waals surface area contributed by atoms with Crippen LogP contribution in [0.3, 0.4) is 0 Å². The summed E-state index contributed by atoms with van der Waals surface area (Å²) in [5.41, 5.74) is 2.07. The number of urea groups is 1. The fraction of sp³-hybridized carbons (Fsp3) is 0.588. The second-order valence-corrected chi connectivity index (χ2v) is 7.48. The van der Waals surface area contributed by atoms with E-state index < -0.39 is 5.60 Å². The summed E-state index contributed by atoms with van der Waals surface area (Å²) in [6.07, 6.45) is 4.21. The molecule has 5 heteroatoms. The first kappa shape index (κ1) is 15.7. The van der Waals surface area contributed by atoms with E-state index in [2.05, 4.69) is 34.9 Å². The highest BCUT2D eigenvalue weighted by Gasteiger charge is 2.32. The fourth-order valence-corrected chi connectivity index (χ4v) is 4.62. The van der Waals surface area contributed by atoms with Crippen molar-refractivity contribution in [3.8, 4) is 0 Å². The number of benzene rings is 1. The van der Waals surface area contributed by atoms with Crippen molar-refractivity contribution in [1.82, 2.24) is 10.6 Å². The number of thioether (sulfide) groups is 1. The maximum Gasteiger partial charge on any atom is 0.314 e. The van der Waals surface area contributed by atoms with Crippen LogP contribution in [0.2, 0.25) is 0 Å². The summed E-state index contributed by atoms with van der Waals surface area (Å²) >= 11 is 1.74. The molecule has 1 heterocycles. The molecule has 1 aliphatic heterocycles. The van der Waals surface area contributed by atoms with Gasteiger partial charge in [0.05, 0.1) is 5.60 Å². The van der Waals surface area contributed by atoms with Crippen LogP contribution < -0.4 is 10.6 Å². The van der Waals surface area contributed by atoms with Gasteiger partial charge in [-0.1, -0.05) is 24.3 Å². The van der Waals surface area contributed by atoms with E-state index in [-0.39, 0.29) is 6.03 Å². The fourth-order valence-electron chi connectivity index (χ4n) is 3.33. The van der Waals surface area contributed by atoms with Crippen LogP contribution in [0.15, 0.2) is 24.3 Å². The Morgan fingerprint density at radius 3 is 3.05 bits per heavy atom. The first-order valence-electron chi connectivity index (χ1n) is 8.06. The second kappa shape index (κ2) is 6.92. The molecule has 1 saturated heterocycles. The van der Waals surface area contributed by atoms with E-state index >= 15 is 0 Å². The highest BCUT2D eigenvalue weighted by atomic mass is 32.2. The van der Waals surface area contributed by atoms with Crippen molar-refractivity contribution in [2.75, 3.05) is 24.6 Å². The highest BCUT2D eigenvalue weighted by molar-refractivity contribution is 7.99. The Morgan fingerprint density at radius 1 is 1.36 bits per heavy atom. The Balaban J connectivity index is 1.47. The van der Waals surface area contributed by atoms with E-state index in [1.54, 1.807) is 11.8 Å². The summed E-state index contributed by atoms with van der Waals surface area (Å²) in [6.45, 7) is 1.00. The summed E-state index contributed by atoms with van der Waals surface area (Å²) in [5.74, 6) is 2.09. The van der Waals surface area contributed by atoms with Gasteiger partial charge in [-0.05, 0) is 42.6 Å². The topological polar surface area (TPSA) is 61.4 Å². The predicted octanol–water partition coefficient (Wildman–Crippen LogP) is 2.27. The molecule has 4 nitrogen and oxygen atoms in total. The number of hydrogen-bond acceptors (Lipinski definition) is 3. The normalized spacial score (nSPS) is 27.2. The van der Waals surface area contributed by atoms with Crippen molar-refractivity contribution in [1.29, 1.82) is 0 Å². The average molecular weight is 320 g/mol. The lowest BCUT2D eigenvalue weighted by Crippen LogP contribution is -2.47. The molecule has 2 unspecified atom stereocenters. The van der Waals surface area contributed by atoms with E-state index in [0.29, 0.717) is 24.8 Å². The molecule has 1 aromatic rings. The molecule has 1 aliphatic carbocycles. The third-order valence-corrected chi connectivity index (χ3v) is 5.90. The van der Waals surface area contributed by atoms with E-state index in [0.717, 1.165) is 25.0 Å². The summed E-state index contributed by atoms with van der Waals surface area (Å²) in [4.78, 5) is 12.0. The van der Waals surface area contributed by atoms with Crippen LogP contribution in [-0.2, 0) is 6.42 Å². The Kier molecular flexibility index (Phi) is 4.93. The Hall–Kier alpha value is -1.20. The summed E-state index contributed by atoms with van der Waals surface area (Å²) in [5, 5.41) is 16.0. The van der Waals surface area contributed by atoms with Gasteiger partial charge in [-0.25, -0.2) is 4.79 Å². The average Bonchev–Trinajstić information content (AvgIpc) is 2.98. The van der Waals surface area contributed by atoms with Crippen molar-refractivity contribution < 1.29 is 9.90 Å². The lowest BCUT2D eigenvalue weighted by atomic mass is 9.83. The van der Waals surface area contributed by atoms with E-state index in [1.807, 2.05) is 0 Å². The van der Waals surface area contributed by atoms with Gasteiger partial charge in [-0.15, -0.1) is 0 Å². The number of carbonyl (C=O) groups excluding carboxylic acids is 1. The van der Waals surface area contributed by atoms with Gasteiger partial charge in [-0.2, -0.15) is 11.8 Å². The van der Waals surface area contributed by atoms with Crippen molar-refractivity contribution in [2.45, 2.75) is 37.2 Å². The number of rotatable bonds is 4. The van der Waals surface area contributed by atoms with Crippen LogP contribution in [-0.4, -0.2) is 41.3 Å². The molecule has 2 aliphatic rings. The van der Waals surface area contributed by atoms with Gasteiger partial charge < -0.3 is 15.7 Å². The number of aryl methyl sites for hydroxylation is 1. The minimum Gasteiger partial charge on any atom is -0.387 e. The van der Waals surface area contributed by atoms with Gasteiger partial charge in [0.15, 0.2) is 0 Å². The maximum absolute atomic E-state index is 12.0. The zero-order valence-electron chi connectivity index (χ0n) is 12.8. The van der Waals surface area contributed by atoms with Gasteiger partial charge in [0.1, 0.15) is 0 Å². The molecule has 3 N–H and O–H groups in total. The van der Waals surface area contributed by atoms with Gasteiger partial charge in [0.2, 0.25) is 0 Å². The van der Waals surface area contributed by atoms with Gasteiger partial charge in [0, 0.05) is 24.8 Å². The molecule has 1 fully saturated rings. The van der Waals surface area contributed by atoms with Crippen LogP contribution in [0.25, 0.3) is 0 Å². The molecule has 3 rings (SSSR count). The molecule has 22 heavy (non-hydrogen) atoms. The van der Waals surface area contributed by atoms with Crippen LogP contribution in [0.4, 0.5) is 4.79 Å². The quantitative estimate of drug-likeness (QED) is 0.797. The minimum atomic E-state index is -0.723. The lowest BCUT2D eigenvalue weighted by molar-refractivity contribution is 0.0700. The summed E-state index contributed by atoms with van der Waals surface area (Å²) < 4.78 is 0. The van der Waals surface area contributed by atoms with Crippen molar-refractivity contribution in [2.24, 2.45) is 0 Å². The third kappa shape index (κ3) is 3.76. The zero-order valence-corrected chi connectivity index (χ0v) is 13.6. The van der Waals surface area contributed by atoms with E-state index in [4.69, 9.17) is 0 Å². The molecule has 0 radical (unpaired) electrons. The first-order chi connectivity index (χ1) is 10.7. The number of fused-ring (bicyclic) bond motifs is 1. The largest absolute Gasteiger partial charge is 0.387 e. The molecule has 1 aromatic carbocycles. The zero-order chi connectivity index (χ0) is 15.4. The van der Waals surface area contributed by atoms with E-state index in [9.17, 15) is 9.90 Å². The number of hydrogen-bond donors (Lipinski definition) is 3. The lowest BCUT2D eigenvalue weighted by Gasteiger charge is -2.26. The molecule has 120 valence electrons. The van der Waals surface area contributed by atoms with Crippen molar-refractivity contribution in [3.05, 3.63) is 35.4 Å². The maximum atomic E-state index is 12.0. The third-order valence-electron chi connectivity index (χ3n) is 4.66. The number of amides is 2. The summed E-state index contributed by atoms with van der Waals surface area (Å²) in [7, 11) is 0. The first-order valence-corrected chi connectivity index (χ1v) is 9.21. The smallest absolute Gasteiger partial charge is 0.314 e. The van der Waals surface area contributed by atoms with E-state index in [1.165, 1.54) is 17.5 Å². The van der Waals surface area contributed by atoms with Gasteiger partial charge in [0.25, 0.3) is 0 Å². The number of aliphatic hydroxyl groups is 1. The molecule has 2 amide bonds. The van der Waals surface area contributed by atoms with Crippen molar-refractivity contribution in [3.63, 3.8) is 0 Å². The molecule has 0 saturated carbocycles. The SMILES string of the molecule is O=C(NCC1CCCc2ccccc21)NCC1(O)CCSC1. The Bertz CT molecular complexity index is 529. The molecule has 0 bridgehead atoms. The highest BCUT2D eigenvalue weighted by Crippen LogP contribution is 2.30. The van der Waals surface area contributed by atoms with Crippen LogP contribution >= 0.6 is 11.8 Å². The predicted molar refractivity (Wildman–Crippen MR) is 90.4 cm³/mol. The molecular weight excluding hydrogens is 296 g/mol. The second-order valence-electron chi connectivity index (χ2n) is 6.38. The minimum absolute atomic E-state index is 0.173. The van der Waals surface area contributed by atoms with Crippen LogP contribution in [0.5, 0.6) is 0 Å². The molecule has 0 aromatic heterocycles. The van der Waals surface area contributed by atoms with Crippen molar-refractivity contribution >= 4 is 17.8 Å². The van der Waals surface area contributed by atoms with Gasteiger partial charge >= 0.3 is 6.03 Å².